The van der Waals surface area contributed by atoms with E-state index >= 15 is 0 Å². The summed E-state index contributed by atoms with van der Waals surface area (Å²) in [4.78, 5) is 27.2. The van der Waals surface area contributed by atoms with Crippen molar-refractivity contribution in [2.45, 2.75) is 12.8 Å². The molecule has 4 rings (SSSR count). The molecule has 3 heterocycles. The number of hydrogen-bond acceptors (Lipinski definition) is 5. The van der Waals surface area contributed by atoms with Crippen LogP contribution in [0.1, 0.15) is 23.4 Å². The fraction of sp³-hybridized carbons (Fsp3) is 0.316. The zero-order chi connectivity index (χ0) is 18.8. The second-order valence-electron chi connectivity index (χ2n) is 6.54. The first-order valence-corrected chi connectivity index (χ1v) is 9.66. The molecule has 140 valence electrons. The molecule has 0 spiro atoms. The monoisotopic (exact) mass is 384 g/mol. The van der Waals surface area contributed by atoms with Gasteiger partial charge in [0.2, 0.25) is 10.7 Å². The Morgan fingerprint density at radius 1 is 1.19 bits per heavy atom. The molecule has 7 nitrogen and oxygen atoms in total. The van der Waals surface area contributed by atoms with Crippen molar-refractivity contribution < 1.29 is 14.0 Å². The summed E-state index contributed by atoms with van der Waals surface area (Å²) in [5.41, 5.74) is 3.78. The Bertz CT molecular complexity index is 1030. The van der Waals surface area contributed by atoms with Gasteiger partial charge in [0.1, 0.15) is 0 Å². The largest absolute Gasteiger partial charge is 0.459 e. The molecule has 0 atom stereocenters. The highest BCUT2D eigenvalue weighted by Crippen LogP contribution is 2.19. The molecule has 1 aliphatic rings. The number of benzene rings is 1. The van der Waals surface area contributed by atoms with Crippen LogP contribution in [0.2, 0.25) is 0 Å². The van der Waals surface area contributed by atoms with Gasteiger partial charge < -0.3 is 13.9 Å². The fourth-order valence-electron chi connectivity index (χ4n) is 3.28. The van der Waals surface area contributed by atoms with Crippen LogP contribution in [0.25, 0.3) is 10.2 Å². The number of carbonyl (C=O) groups is 2. The third kappa shape index (κ3) is 3.52. The summed E-state index contributed by atoms with van der Waals surface area (Å²) < 4.78 is 8.25. The van der Waals surface area contributed by atoms with Gasteiger partial charge in [-0.15, -0.1) is 5.10 Å². The molecular formula is C19H20N4O3S. The van der Waals surface area contributed by atoms with Gasteiger partial charge in [0.05, 0.1) is 16.5 Å². The number of likely N-dealkylation sites (tertiary alicyclic amines) is 1. The Kier molecular flexibility index (Phi) is 4.81. The first kappa shape index (κ1) is 17.5. The standard InChI is InChI=1S/C19H20N4O3S/c1-22-14-5-2-3-7-16(14)27-19(22)21-20-17(24)13-8-10-23(11-9-13)18(25)15-6-4-12-26-15/h2-7,12-13H,8-11H2,1H3,(H,20,24)/b21-19-. The molecule has 1 aromatic carbocycles. The van der Waals surface area contributed by atoms with E-state index in [1.54, 1.807) is 17.0 Å². The van der Waals surface area contributed by atoms with Crippen LogP contribution < -0.4 is 10.2 Å². The van der Waals surface area contributed by atoms with Gasteiger partial charge in [-0.2, -0.15) is 0 Å². The quantitative estimate of drug-likeness (QED) is 0.704. The zero-order valence-corrected chi connectivity index (χ0v) is 15.7. The van der Waals surface area contributed by atoms with Crippen molar-refractivity contribution in [3.63, 3.8) is 0 Å². The van der Waals surface area contributed by atoms with Crippen molar-refractivity contribution in [2.75, 3.05) is 13.1 Å². The molecule has 3 aromatic rings. The van der Waals surface area contributed by atoms with E-state index in [2.05, 4.69) is 10.5 Å². The maximum absolute atomic E-state index is 12.5. The molecule has 0 aliphatic carbocycles. The number of aromatic nitrogens is 1. The highest BCUT2D eigenvalue weighted by molar-refractivity contribution is 7.16. The van der Waals surface area contributed by atoms with Gasteiger partial charge in [0, 0.05) is 26.1 Å². The number of fused-ring (bicyclic) bond motifs is 1. The number of aryl methyl sites for hydroxylation is 1. The SMILES string of the molecule is Cn1/c(=N/NC(=O)C2CCN(C(=O)c3ccco3)CC2)sc2ccccc21. The third-order valence-corrected chi connectivity index (χ3v) is 5.97. The maximum Gasteiger partial charge on any atom is 0.289 e. The molecule has 0 saturated carbocycles. The lowest BCUT2D eigenvalue weighted by Crippen LogP contribution is -2.42. The molecular weight excluding hydrogens is 364 g/mol. The number of hydrogen-bond donors (Lipinski definition) is 1. The minimum atomic E-state index is -0.144. The van der Waals surface area contributed by atoms with Gasteiger partial charge in [-0.25, -0.2) is 5.43 Å². The van der Waals surface area contributed by atoms with E-state index in [1.807, 2.05) is 35.9 Å². The molecule has 0 bridgehead atoms. The Morgan fingerprint density at radius 3 is 2.67 bits per heavy atom. The number of thiazole rings is 1. The smallest absolute Gasteiger partial charge is 0.289 e. The van der Waals surface area contributed by atoms with Crippen molar-refractivity contribution in [2.24, 2.45) is 18.1 Å². The van der Waals surface area contributed by atoms with Crippen LogP contribution in [0.4, 0.5) is 0 Å². The van der Waals surface area contributed by atoms with Crippen LogP contribution in [0.3, 0.4) is 0 Å². The molecule has 1 aliphatic heterocycles. The van der Waals surface area contributed by atoms with Gasteiger partial charge >= 0.3 is 0 Å². The summed E-state index contributed by atoms with van der Waals surface area (Å²) in [5.74, 6) is -0.0300. The van der Waals surface area contributed by atoms with Gasteiger partial charge in [0.25, 0.3) is 5.91 Å². The minimum absolute atomic E-state index is 0.0995. The van der Waals surface area contributed by atoms with Gasteiger partial charge in [-0.1, -0.05) is 23.5 Å². The van der Waals surface area contributed by atoms with E-state index in [0.717, 1.165) is 15.0 Å². The third-order valence-electron chi connectivity index (χ3n) is 4.86. The number of furan rings is 1. The molecule has 8 heteroatoms. The summed E-state index contributed by atoms with van der Waals surface area (Å²) in [6.45, 7) is 1.07. The second-order valence-corrected chi connectivity index (χ2v) is 7.55. The van der Waals surface area contributed by atoms with Crippen LogP contribution in [0.5, 0.6) is 0 Å². The number of para-hydroxylation sites is 1. The van der Waals surface area contributed by atoms with Crippen molar-refractivity contribution in [1.82, 2.24) is 14.9 Å². The van der Waals surface area contributed by atoms with Crippen molar-refractivity contribution in [1.29, 1.82) is 0 Å². The van der Waals surface area contributed by atoms with Crippen LogP contribution in [-0.4, -0.2) is 34.4 Å². The van der Waals surface area contributed by atoms with E-state index in [0.29, 0.717) is 31.7 Å². The second kappa shape index (κ2) is 7.40. The molecule has 2 amide bonds. The summed E-state index contributed by atoms with van der Waals surface area (Å²) in [6, 6.07) is 11.4. The number of rotatable bonds is 3. The highest BCUT2D eigenvalue weighted by Gasteiger charge is 2.28. The average molecular weight is 384 g/mol. The van der Waals surface area contributed by atoms with Crippen molar-refractivity contribution >= 4 is 33.4 Å². The van der Waals surface area contributed by atoms with E-state index < -0.39 is 0 Å². The normalized spacial score (nSPS) is 16.0. The Morgan fingerprint density at radius 2 is 1.96 bits per heavy atom. The highest BCUT2D eigenvalue weighted by atomic mass is 32.1. The molecule has 1 N–H and O–H groups in total. The van der Waals surface area contributed by atoms with Crippen LogP contribution in [0, 0.1) is 5.92 Å². The van der Waals surface area contributed by atoms with Gasteiger partial charge in [-0.3, -0.25) is 9.59 Å². The Labute approximate surface area is 159 Å². The van der Waals surface area contributed by atoms with E-state index in [1.165, 1.54) is 17.6 Å². The number of nitrogens with zero attached hydrogens (tertiary/aromatic N) is 3. The fourth-order valence-corrected chi connectivity index (χ4v) is 4.26. The number of amides is 2. The maximum atomic E-state index is 12.5. The molecule has 0 unspecified atom stereocenters. The number of carbonyl (C=O) groups excluding carboxylic acids is 2. The van der Waals surface area contributed by atoms with E-state index in [9.17, 15) is 9.59 Å². The molecule has 0 radical (unpaired) electrons. The first-order chi connectivity index (χ1) is 13.1. The van der Waals surface area contributed by atoms with Crippen molar-refractivity contribution in [3.8, 4) is 0 Å². The van der Waals surface area contributed by atoms with Gasteiger partial charge in [-0.05, 0) is 37.1 Å². The van der Waals surface area contributed by atoms with Gasteiger partial charge in [0.15, 0.2) is 5.76 Å². The van der Waals surface area contributed by atoms with Crippen LogP contribution in [-0.2, 0) is 11.8 Å². The van der Waals surface area contributed by atoms with Crippen LogP contribution in [0.15, 0.2) is 52.2 Å². The minimum Gasteiger partial charge on any atom is -0.459 e. The molecule has 1 saturated heterocycles. The van der Waals surface area contributed by atoms with E-state index in [4.69, 9.17) is 4.42 Å². The average Bonchev–Trinajstić information content (AvgIpc) is 3.35. The topological polar surface area (TPSA) is 79.8 Å². The van der Waals surface area contributed by atoms with Crippen molar-refractivity contribution in [3.05, 3.63) is 53.2 Å². The lowest BCUT2D eigenvalue weighted by atomic mass is 9.96. The summed E-state index contributed by atoms with van der Waals surface area (Å²) in [5, 5.41) is 4.30. The summed E-state index contributed by atoms with van der Waals surface area (Å²) in [6.07, 6.45) is 2.72. The van der Waals surface area contributed by atoms with E-state index in [-0.39, 0.29) is 17.7 Å². The number of nitrogens with one attached hydrogen (secondary N) is 1. The predicted octanol–water partition coefficient (Wildman–Crippen LogP) is 2.32. The predicted molar refractivity (Wildman–Crippen MR) is 102 cm³/mol. The summed E-state index contributed by atoms with van der Waals surface area (Å²) in [7, 11) is 1.93. The van der Waals surface area contributed by atoms with Crippen LogP contribution >= 0.6 is 11.3 Å². The summed E-state index contributed by atoms with van der Waals surface area (Å²) >= 11 is 1.53. The molecule has 27 heavy (non-hydrogen) atoms. The molecule has 1 fully saturated rings. The zero-order valence-electron chi connectivity index (χ0n) is 14.9. The Hall–Kier alpha value is -2.87. The number of piperidine rings is 1. The Balaban J connectivity index is 1.38. The lowest BCUT2D eigenvalue weighted by molar-refractivity contribution is -0.126. The lowest BCUT2D eigenvalue weighted by Gasteiger charge is -2.30. The first-order valence-electron chi connectivity index (χ1n) is 8.84. The molecule has 2 aromatic heterocycles.